The second-order valence-corrected chi connectivity index (χ2v) is 3.46. The van der Waals surface area contributed by atoms with Gasteiger partial charge in [-0.15, -0.1) is 0 Å². The highest BCUT2D eigenvalue weighted by molar-refractivity contribution is 4.94. The lowest BCUT2D eigenvalue weighted by Gasteiger charge is -2.17. The molecule has 1 unspecified atom stereocenters. The Hall–Kier alpha value is -1.04. The maximum absolute atomic E-state index is 12.2. The van der Waals surface area contributed by atoms with Crippen LogP contribution in [0.3, 0.4) is 0 Å². The van der Waals surface area contributed by atoms with Crippen LogP contribution in [-0.4, -0.2) is 28.8 Å². The molecule has 0 saturated carbocycles. The SMILES string of the molecule is CNC(Cc1nccn1C)CC(F)(F)F. The largest absolute Gasteiger partial charge is 0.390 e. The summed E-state index contributed by atoms with van der Waals surface area (Å²) < 4.78 is 38.2. The zero-order valence-electron chi connectivity index (χ0n) is 8.67. The Labute approximate surface area is 86.3 Å². The van der Waals surface area contributed by atoms with Crippen LogP contribution < -0.4 is 5.32 Å². The maximum atomic E-state index is 12.2. The molecule has 0 aliphatic carbocycles. The van der Waals surface area contributed by atoms with E-state index in [1.807, 2.05) is 0 Å². The number of nitrogens with one attached hydrogen (secondary N) is 1. The second kappa shape index (κ2) is 4.65. The highest BCUT2D eigenvalue weighted by atomic mass is 19.4. The summed E-state index contributed by atoms with van der Waals surface area (Å²) in [5.41, 5.74) is 0. The summed E-state index contributed by atoms with van der Waals surface area (Å²) >= 11 is 0. The second-order valence-electron chi connectivity index (χ2n) is 3.46. The number of alkyl halides is 3. The van der Waals surface area contributed by atoms with Crippen molar-refractivity contribution in [3.63, 3.8) is 0 Å². The van der Waals surface area contributed by atoms with E-state index in [2.05, 4.69) is 10.3 Å². The summed E-state index contributed by atoms with van der Waals surface area (Å²) in [7, 11) is 3.29. The molecule has 0 amide bonds. The van der Waals surface area contributed by atoms with Crippen molar-refractivity contribution < 1.29 is 13.2 Å². The first kappa shape index (κ1) is 12.0. The van der Waals surface area contributed by atoms with Gasteiger partial charge in [-0.2, -0.15) is 13.2 Å². The minimum atomic E-state index is -4.14. The fourth-order valence-corrected chi connectivity index (χ4v) is 1.37. The molecule has 1 N–H and O–H groups in total. The van der Waals surface area contributed by atoms with Crippen LogP contribution in [0.15, 0.2) is 12.4 Å². The lowest BCUT2D eigenvalue weighted by Crippen LogP contribution is -2.33. The Morgan fingerprint density at radius 3 is 2.60 bits per heavy atom. The molecule has 0 fully saturated rings. The Morgan fingerprint density at radius 2 is 2.20 bits per heavy atom. The van der Waals surface area contributed by atoms with Gasteiger partial charge in [0, 0.05) is 31.9 Å². The van der Waals surface area contributed by atoms with Gasteiger partial charge in [0.1, 0.15) is 5.82 Å². The van der Waals surface area contributed by atoms with Crippen LogP contribution >= 0.6 is 0 Å². The summed E-state index contributed by atoms with van der Waals surface area (Å²) in [6.07, 6.45) is -1.40. The summed E-state index contributed by atoms with van der Waals surface area (Å²) in [6, 6.07) is -0.619. The number of aryl methyl sites for hydroxylation is 1. The van der Waals surface area contributed by atoms with Crippen molar-refractivity contribution in [2.45, 2.75) is 25.1 Å². The zero-order valence-corrected chi connectivity index (χ0v) is 8.67. The Kier molecular flexibility index (Phi) is 3.73. The smallest absolute Gasteiger partial charge is 0.338 e. The maximum Gasteiger partial charge on any atom is 0.390 e. The molecule has 0 saturated heterocycles. The van der Waals surface area contributed by atoms with Gasteiger partial charge in [0.05, 0.1) is 6.42 Å². The molecule has 0 aliphatic heterocycles. The Morgan fingerprint density at radius 1 is 1.53 bits per heavy atom. The lowest BCUT2D eigenvalue weighted by atomic mass is 10.1. The molecule has 1 rings (SSSR count). The molecule has 1 aromatic heterocycles. The molecule has 0 bridgehead atoms. The third kappa shape index (κ3) is 3.91. The Balaban J connectivity index is 2.58. The predicted octanol–water partition coefficient (Wildman–Crippen LogP) is 1.50. The Bertz CT molecular complexity index is 306. The van der Waals surface area contributed by atoms with Crippen LogP contribution in [0.5, 0.6) is 0 Å². The van der Waals surface area contributed by atoms with E-state index < -0.39 is 18.6 Å². The number of nitrogens with zero attached hydrogens (tertiary/aromatic N) is 2. The molecule has 1 heterocycles. The highest BCUT2D eigenvalue weighted by Crippen LogP contribution is 2.22. The quantitative estimate of drug-likeness (QED) is 0.835. The van der Waals surface area contributed by atoms with Gasteiger partial charge >= 0.3 is 6.18 Å². The number of rotatable bonds is 4. The van der Waals surface area contributed by atoms with Gasteiger partial charge in [-0.05, 0) is 7.05 Å². The first-order valence-corrected chi connectivity index (χ1v) is 4.62. The third-order valence-corrected chi connectivity index (χ3v) is 2.24. The van der Waals surface area contributed by atoms with Gasteiger partial charge in [0.2, 0.25) is 0 Å². The molecule has 1 atom stereocenters. The minimum Gasteiger partial charge on any atom is -0.338 e. The van der Waals surface area contributed by atoms with Crippen molar-refractivity contribution in [3.05, 3.63) is 18.2 Å². The van der Waals surface area contributed by atoms with Crippen molar-refractivity contribution in [2.75, 3.05) is 7.05 Å². The van der Waals surface area contributed by atoms with Gasteiger partial charge in [-0.1, -0.05) is 0 Å². The van der Waals surface area contributed by atoms with E-state index in [4.69, 9.17) is 0 Å². The van der Waals surface area contributed by atoms with Gasteiger partial charge < -0.3 is 9.88 Å². The summed E-state index contributed by atoms with van der Waals surface area (Å²) in [5.74, 6) is 0.651. The molecule has 15 heavy (non-hydrogen) atoms. The topological polar surface area (TPSA) is 29.9 Å². The molecule has 0 aromatic carbocycles. The number of aromatic nitrogens is 2. The molecular formula is C9H14F3N3. The van der Waals surface area contributed by atoms with Crippen LogP contribution in [0.1, 0.15) is 12.2 Å². The average Bonchev–Trinajstić information content (AvgIpc) is 2.48. The van der Waals surface area contributed by atoms with Crippen LogP contribution in [-0.2, 0) is 13.5 Å². The number of halogens is 3. The average molecular weight is 221 g/mol. The van der Waals surface area contributed by atoms with Crippen molar-refractivity contribution in [1.82, 2.24) is 14.9 Å². The molecule has 0 spiro atoms. The molecule has 1 aromatic rings. The van der Waals surface area contributed by atoms with Crippen LogP contribution in [0.4, 0.5) is 13.2 Å². The van der Waals surface area contributed by atoms with E-state index in [1.54, 1.807) is 24.0 Å². The van der Waals surface area contributed by atoms with E-state index in [0.717, 1.165) is 0 Å². The van der Waals surface area contributed by atoms with Crippen LogP contribution in [0.2, 0.25) is 0 Å². The van der Waals surface area contributed by atoms with Crippen molar-refractivity contribution in [1.29, 1.82) is 0 Å². The van der Waals surface area contributed by atoms with Crippen LogP contribution in [0.25, 0.3) is 0 Å². The first-order valence-electron chi connectivity index (χ1n) is 4.62. The third-order valence-electron chi connectivity index (χ3n) is 2.24. The van der Waals surface area contributed by atoms with Gasteiger partial charge in [-0.25, -0.2) is 4.98 Å². The normalized spacial score (nSPS) is 14.2. The van der Waals surface area contributed by atoms with E-state index in [1.165, 1.54) is 7.05 Å². The highest BCUT2D eigenvalue weighted by Gasteiger charge is 2.31. The van der Waals surface area contributed by atoms with E-state index in [9.17, 15) is 13.2 Å². The zero-order chi connectivity index (χ0) is 11.5. The number of likely N-dealkylation sites (N-methyl/N-ethyl adjacent to an activating group) is 1. The minimum absolute atomic E-state index is 0.277. The van der Waals surface area contributed by atoms with E-state index in [-0.39, 0.29) is 6.42 Å². The molecule has 0 aliphatic rings. The fraction of sp³-hybridized carbons (Fsp3) is 0.667. The van der Waals surface area contributed by atoms with Crippen molar-refractivity contribution >= 4 is 0 Å². The summed E-state index contributed by atoms with van der Waals surface area (Å²) in [5, 5.41) is 2.65. The fourth-order valence-electron chi connectivity index (χ4n) is 1.37. The lowest BCUT2D eigenvalue weighted by molar-refractivity contribution is -0.139. The number of imidazole rings is 1. The molecular weight excluding hydrogens is 207 g/mol. The molecule has 6 heteroatoms. The summed E-state index contributed by atoms with van der Waals surface area (Å²) in [6.45, 7) is 0. The number of hydrogen-bond donors (Lipinski definition) is 1. The standard InChI is InChI=1S/C9H14F3N3/c1-13-7(6-9(10,11)12)5-8-14-3-4-15(8)2/h3-4,7,13H,5-6H2,1-2H3. The van der Waals surface area contributed by atoms with Crippen molar-refractivity contribution in [3.8, 4) is 0 Å². The molecule has 86 valence electrons. The number of hydrogen-bond acceptors (Lipinski definition) is 2. The van der Waals surface area contributed by atoms with Gasteiger partial charge in [0.15, 0.2) is 0 Å². The monoisotopic (exact) mass is 221 g/mol. The van der Waals surface area contributed by atoms with E-state index >= 15 is 0 Å². The van der Waals surface area contributed by atoms with Crippen LogP contribution in [0, 0.1) is 0 Å². The van der Waals surface area contributed by atoms with Crippen molar-refractivity contribution in [2.24, 2.45) is 7.05 Å². The van der Waals surface area contributed by atoms with Gasteiger partial charge in [-0.3, -0.25) is 0 Å². The summed E-state index contributed by atoms with van der Waals surface area (Å²) in [4.78, 5) is 3.99. The molecule has 0 radical (unpaired) electrons. The van der Waals surface area contributed by atoms with Gasteiger partial charge in [0.25, 0.3) is 0 Å². The van der Waals surface area contributed by atoms with E-state index in [0.29, 0.717) is 5.82 Å². The predicted molar refractivity (Wildman–Crippen MR) is 50.4 cm³/mol. The molecule has 3 nitrogen and oxygen atoms in total. The first-order chi connectivity index (χ1) is 6.92.